The van der Waals surface area contributed by atoms with Gasteiger partial charge < -0.3 is 25.2 Å². The molecule has 0 spiro atoms. The third kappa shape index (κ3) is 2.93. The summed E-state index contributed by atoms with van der Waals surface area (Å²) in [7, 11) is 0. The third-order valence-corrected chi connectivity index (χ3v) is 3.21. The van der Waals surface area contributed by atoms with Crippen LogP contribution in [0.4, 0.5) is 0 Å². The maximum absolute atomic E-state index is 10.9. The van der Waals surface area contributed by atoms with Crippen molar-refractivity contribution in [3.8, 4) is 0 Å². The second-order valence-electron chi connectivity index (χ2n) is 4.59. The zero-order chi connectivity index (χ0) is 14.0. The summed E-state index contributed by atoms with van der Waals surface area (Å²) in [6.45, 7) is -0.265. The van der Waals surface area contributed by atoms with Gasteiger partial charge in [0.15, 0.2) is 0 Å². The molecular weight excluding hydrogens is 252 g/mol. The Bertz CT molecular complexity index is 460. The van der Waals surface area contributed by atoms with Gasteiger partial charge in [0, 0.05) is 6.42 Å². The van der Waals surface area contributed by atoms with Crippen LogP contribution in [-0.2, 0) is 4.74 Å². The molecule has 0 bridgehead atoms. The largest absolute Gasteiger partial charge is 0.478 e. The van der Waals surface area contributed by atoms with E-state index in [4.69, 9.17) is 14.9 Å². The van der Waals surface area contributed by atoms with E-state index in [1.54, 1.807) is 12.1 Å². The van der Waals surface area contributed by atoms with E-state index in [2.05, 4.69) is 0 Å². The van der Waals surface area contributed by atoms with Gasteiger partial charge in [-0.15, -0.1) is 0 Å². The lowest BCUT2D eigenvalue weighted by Gasteiger charge is -2.36. The third-order valence-electron chi connectivity index (χ3n) is 3.21. The van der Waals surface area contributed by atoms with Gasteiger partial charge in [0.1, 0.15) is 12.2 Å². The number of carboxylic acid groups (broad SMARTS) is 1. The first-order chi connectivity index (χ1) is 9.02. The molecule has 0 aromatic heterocycles. The highest BCUT2D eigenvalue weighted by atomic mass is 16.5. The van der Waals surface area contributed by atoms with Gasteiger partial charge in [-0.05, 0) is 17.7 Å². The minimum absolute atomic E-state index is 0.0777. The van der Waals surface area contributed by atoms with Crippen molar-refractivity contribution in [3.05, 3.63) is 35.4 Å². The molecule has 6 nitrogen and oxygen atoms in total. The molecule has 19 heavy (non-hydrogen) atoms. The molecule has 104 valence electrons. The molecule has 1 heterocycles. The summed E-state index contributed by atoms with van der Waals surface area (Å²) in [4.78, 5) is 10.9. The minimum Gasteiger partial charge on any atom is -0.478 e. The molecule has 6 heteroatoms. The maximum Gasteiger partial charge on any atom is 0.335 e. The number of benzene rings is 1. The van der Waals surface area contributed by atoms with Gasteiger partial charge in [-0.25, -0.2) is 4.79 Å². The normalized spacial score (nSPS) is 31.1. The van der Waals surface area contributed by atoms with Crippen LogP contribution in [-0.4, -0.2) is 51.3 Å². The van der Waals surface area contributed by atoms with Gasteiger partial charge in [0.2, 0.25) is 0 Å². The monoisotopic (exact) mass is 268 g/mol. The van der Waals surface area contributed by atoms with Crippen LogP contribution in [0.15, 0.2) is 24.3 Å². The zero-order valence-corrected chi connectivity index (χ0v) is 10.1. The quantitative estimate of drug-likeness (QED) is 0.611. The van der Waals surface area contributed by atoms with E-state index >= 15 is 0 Å². The Hall–Kier alpha value is -1.47. The first kappa shape index (κ1) is 14.0. The summed E-state index contributed by atoms with van der Waals surface area (Å²) < 4.78 is 5.49. The van der Waals surface area contributed by atoms with Crippen molar-refractivity contribution in [2.45, 2.75) is 30.8 Å². The van der Waals surface area contributed by atoms with Crippen molar-refractivity contribution >= 4 is 5.97 Å². The van der Waals surface area contributed by atoms with Crippen molar-refractivity contribution in [1.82, 2.24) is 0 Å². The Kier molecular flexibility index (Phi) is 4.16. The van der Waals surface area contributed by atoms with Crippen LogP contribution in [0.1, 0.15) is 28.4 Å². The van der Waals surface area contributed by atoms with E-state index < -0.39 is 30.4 Å². The second-order valence-corrected chi connectivity index (χ2v) is 4.59. The highest BCUT2D eigenvalue weighted by Crippen LogP contribution is 2.32. The van der Waals surface area contributed by atoms with Crippen LogP contribution >= 0.6 is 0 Å². The van der Waals surface area contributed by atoms with Crippen LogP contribution in [0.2, 0.25) is 0 Å². The van der Waals surface area contributed by atoms with Crippen LogP contribution in [0.3, 0.4) is 0 Å². The SMILES string of the molecule is O=C(O)c1cccc([C@H]2OC(CO)CC(O)C2O)c1. The molecule has 1 aliphatic heterocycles. The van der Waals surface area contributed by atoms with E-state index in [9.17, 15) is 15.0 Å². The Morgan fingerprint density at radius 1 is 1.37 bits per heavy atom. The van der Waals surface area contributed by atoms with Crippen molar-refractivity contribution in [2.75, 3.05) is 6.61 Å². The standard InChI is InChI=1S/C13H16O6/c14-6-9-5-10(15)11(16)12(19-9)7-2-1-3-8(4-7)13(17)18/h1-4,9-12,14-16H,5-6H2,(H,17,18)/t9?,10?,11?,12-/m1/s1. The van der Waals surface area contributed by atoms with Crippen molar-refractivity contribution < 1.29 is 30.0 Å². The topological polar surface area (TPSA) is 107 Å². The van der Waals surface area contributed by atoms with Gasteiger partial charge in [-0.3, -0.25) is 0 Å². The van der Waals surface area contributed by atoms with E-state index in [-0.39, 0.29) is 18.6 Å². The number of rotatable bonds is 3. The molecule has 1 saturated heterocycles. The summed E-state index contributed by atoms with van der Waals surface area (Å²) in [5, 5.41) is 37.7. The number of aromatic carboxylic acids is 1. The number of hydrogen-bond donors (Lipinski definition) is 4. The summed E-state index contributed by atoms with van der Waals surface area (Å²) in [6.07, 6.45) is -3.43. The average molecular weight is 268 g/mol. The van der Waals surface area contributed by atoms with E-state index in [0.29, 0.717) is 5.56 Å². The molecule has 1 aliphatic rings. The van der Waals surface area contributed by atoms with E-state index in [0.717, 1.165) is 0 Å². The molecule has 0 saturated carbocycles. The molecule has 2 rings (SSSR count). The molecule has 1 aromatic rings. The molecule has 0 amide bonds. The lowest BCUT2D eigenvalue weighted by molar-refractivity contribution is -0.179. The van der Waals surface area contributed by atoms with Gasteiger partial charge in [0.25, 0.3) is 0 Å². The fourth-order valence-corrected chi connectivity index (χ4v) is 2.20. The van der Waals surface area contributed by atoms with E-state index in [1.165, 1.54) is 12.1 Å². The first-order valence-electron chi connectivity index (χ1n) is 5.98. The number of carbonyl (C=O) groups is 1. The fourth-order valence-electron chi connectivity index (χ4n) is 2.20. The minimum atomic E-state index is -1.15. The highest BCUT2D eigenvalue weighted by Gasteiger charge is 2.37. The summed E-state index contributed by atoms with van der Waals surface area (Å²) in [6, 6.07) is 5.99. The maximum atomic E-state index is 10.9. The number of hydrogen-bond acceptors (Lipinski definition) is 5. The zero-order valence-electron chi connectivity index (χ0n) is 10.1. The van der Waals surface area contributed by atoms with Crippen LogP contribution in [0, 0.1) is 0 Å². The lowest BCUT2D eigenvalue weighted by atomic mass is 9.92. The lowest BCUT2D eigenvalue weighted by Crippen LogP contribution is -2.44. The molecular formula is C13H16O6. The van der Waals surface area contributed by atoms with E-state index in [1.807, 2.05) is 0 Å². The van der Waals surface area contributed by atoms with Gasteiger partial charge >= 0.3 is 5.97 Å². The van der Waals surface area contributed by atoms with Crippen LogP contribution in [0.5, 0.6) is 0 Å². The van der Waals surface area contributed by atoms with Crippen molar-refractivity contribution in [3.63, 3.8) is 0 Å². The Labute approximate surface area is 109 Å². The molecule has 0 aliphatic carbocycles. The summed E-state index contributed by atoms with van der Waals surface area (Å²) >= 11 is 0. The highest BCUT2D eigenvalue weighted by molar-refractivity contribution is 5.87. The first-order valence-corrected chi connectivity index (χ1v) is 5.98. The van der Waals surface area contributed by atoms with Crippen molar-refractivity contribution in [1.29, 1.82) is 0 Å². The molecule has 4 atom stereocenters. The van der Waals surface area contributed by atoms with Gasteiger partial charge in [0.05, 0.1) is 24.4 Å². The van der Waals surface area contributed by atoms with Crippen LogP contribution < -0.4 is 0 Å². The number of aliphatic hydroxyl groups is 3. The Morgan fingerprint density at radius 2 is 2.11 bits per heavy atom. The molecule has 3 unspecified atom stereocenters. The summed E-state index contributed by atoms with van der Waals surface area (Å²) in [5.74, 6) is -1.08. The Balaban J connectivity index is 2.28. The molecule has 4 N–H and O–H groups in total. The summed E-state index contributed by atoms with van der Waals surface area (Å²) in [5.41, 5.74) is 0.540. The number of aliphatic hydroxyl groups excluding tert-OH is 3. The average Bonchev–Trinajstić information content (AvgIpc) is 2.41. The smallest absolute Gasteiger partial charge is 0.335 e. The predicted molar refractivity (Wildman–Crippen MR) is 64.7 cm³/mol. The molecule has 1 fully saturated rings. The molecule has 0 radical (unpaired) electrons. The van der Waals surface area contributed by atoms with Gasteiger partial charge in [-0.2, -0.15) is 0 Å². The van der Waals surface area contributed by atoms with Crippen molar-refractivity contribution in [2.24, 2.45) is 0 Å². The fraction of sp³-hybridized carbons (Fsp3) is 0.462. The number of carboxylic acids is 1. The Morgan fingerprint density at radius 3 is 2.74 bits per heavy atom. The number of ether oxygens (including phenoxy) is 1. The predicted octanol–water partition coefficient (Wildman–Crippen LogP) is -0.0711. The van der Waals surface area contributed by atoms with Crippen LogP contribution in [0.25, 0.3) is 0 Å². The molecule has 1 aromatic carbocycles. The second kappa shape index (κ2) is 5.66. The van der Waals surface area contributed by atoms with Gasteiger partial charge in [-0.1, -0.05) is 12.1 Å².